The number of hydrogen-bond donors (Lipinski definition) is 1. The highest BCUT2D eigenvalue weighted by Crippen LogP contribution is 2.30. The second-order valence-corrected chi connectivity index (χ2v) is 6.00. The topological polar surface area (TPSA) is 54.5 Å². The van der Waals surface area contributed by atoms with Crippen LogP contribution in [0.25, 0.3) is 0 Å². The van der Waals surface area contributed by atoms with Gasteiger partial charge < -0.3 is 4.74 Å². The Kier molecular flexibility index (Phi) is 4.90. The van der Waals surface area contributed by atoms with Crippen LogP contribution in [0.5, 0.6) is 10.8 Å². The summed E-state index contributed by atoms with van der Waals surface area (Å²) in [6.45, 7) is 0. The van der Waals surface area contributed by atoms with Crippen molar-refractivity contribution in [1.82, 2.24) is 4.98 Å². The molecule has 8 heteroatoms. The first kappa shape index (κ1) is 16.8. The molecular weight excluding hydrogens is 348 g/mol. The Balaban J connectivity index is 1.64. The van der Waals surface area contributed by atoms with Crippen LogP contribution in [0.4, 0.5) is 24.4 Å². The van der Waals surface area contributed by atoms with E-state index in [4.69, 9.17) is 4.74 Å². The Morgan fingerprint density at radius 2 is 1.92 bits per heavy atom. The highest BCUT2D eigenvalue weighted by atomic mass is 32.1. The number of hydrogen-bond acceptors (Lipinski definition) is 4. The van der Waals surface area contributed by atoms with E-state index in [1.165, 1.54) is 60.6 Å². The molecule has 0 aliphatic heterocycles. The fourth-order valence-electron chi connectivity index (χ4n) is 1.96. The van der Waals surface area contributed by atoms with Crippen molar-refractivity contribution in [2.75, 3.05) is 17.3 Å². The molecule has 0 unspecified atom stereocenters. The van der Waals surface area contributed by atoms with E-state index in [0.29, 0.717) is 21.6 Å². The molecular formula is C17H13F2N3O2S. The fourth-order valence-corrected chi connectivity index (χ4v) is 2.64. The summed E-state index contributed by atoms with van der Waals surface area (Å²) < 4.78 is 31.6. The first-order valence-electron chi connectivity index (χ1n) is 7.21. The largest absolute Gasteiger partial charge is 0.445 e. The molecule has 0 spiro atoms. The van der Waals surface area contributed by atoms with E-state index < -0.39 is 11.8 Å². The number of anilines is 2. The number of nitrogens with zero attached hydrogens (tertiary/aromatic N) is 2. The number of carbonyl (C=O) groups excluding carboxylic acids is 1. The Morgan fingerprint density at radius 1 is 1.16 bits per heavy atom. The van der Waals surface area contributed by atoms with E-state index >= 15 is 0 Å². The molecule has 25 heavy (non-hydrogen) atoms. The predicted molar refractivity (Wildman–Crippen MR) is 92.4 cm³/mol. The van der Waals surface area contributed by atoms with E-state index in [9.17, 15) is 13.6 Å². The summed E-state index contributed by atoms with van der Waals surface area (Å²) in [7, 11) is 1.52. The number of benzene rings is 2. The van der Waals surface area contributed by atoms with E-state index in [1.807, 2.05) is 0 Å². The third-order valence-corrected chi connectivity index (χ3v) is 4.02. The van der Waals surface area contributed by atoms with Gasteiger partial charge in [0, 0.05) is 12.7 Å². The molecule has 5 nitrogen and oxygen atoms in total. The summed E-state index contributed by atoms with van der Waals surface area (Å²) in [5.41, 5.74) is 0.414. The highest BCUT2D eigenvalue weighted by molar-refractivity contribution is 7.17. The van der Waals surface area contributed by atoms with Gasteiger partial charge in [-0.1, -0.05) is 17.4 Å². The van der Waals surface area contributed by atoms with Gasteiger partial charge in [0.25, 0.3) is 0 Å². The van der Waals surface area contributed by atoms with Gasteiger partial charge in [0.05, 0.1) is 6.20 Å². The number of aromatic nitrogens is 1. The lowest BCUT2D eigenvalue weighted by atomic mass is 10.3. The minimum Gasteiger partial charge on any atom is -0.445 e. The maximum absolute atomic E-state index is 13.2. The average Bonchev–Trinajstić information content (AvgIpc) is 3.03. The van der Waals surface area contributed by atoms with Gasteiger partial charge in [0.15, 0.2) is 5.13 Å². The molecule has 0 radical (unpaired) electrons. The van der Waals surface area contributed by atoms with Crippen LogP contribution in [-0.2, 0) is 0 Å². The third kappa shape index (κ3) is 4.30. The molecule has 128 valence electrons. The molecule has 2 aromatic carbocycles. The number of nitrogens with one attached hydrogen (secondary N) is 1. The average molecular weight is 361 g/mol. The summed E-state index contributed by atoms with van der Waals surface area (Å²) in [5, 5.41) is 3.37. The molecule has 0 atom stereocenters. The van der Waals surface area contributed by atoms with E-state index in [0.717, 1.165) is 11.3 Å². The van der Waals surface area contributed by atoms with Crippen LogP contribution in [0.3, 0.4) is 0 Å². The van der Waals surface area contributed by atoms with Gasteiger partial charge in [-0.25, -0.2) is 18.6 Å². The monoisotopic (exact) mass is 361 g/mol. The minimum absolute atomic E-state index is 0.324. The number of amides is 2. The molecule has 0 saturated carbocycles. The van der Waals surface area contributed by atoms with Crippen molar-refractivity contribution >= 4 is 28.2 Å². The van der Waals surface area contributed by atoms with E-state index in [2.05, 4.69) is 10.3 Å². The summed E-state index contributed by atoms with van der Waals surface area (Å²) in [5.74, 6) is -0.328. The van der Waals surface area contributed by atoms with Crippen LogP contribution in [-0.4, -0.2) is 18.1 Å². The number of carbonyl (C=O) groups is 1. The molecule has 0 bridgehead atoms. The fraction of sp³-hybridized carbons (Fsp3) is 0.0588. The molecule has 3 rings (SSSR count). The van der Waals surface area contributed by atoms with Crippen molar-refractivity contribution in [3.63, 3.8) is 0 Å². The number of thiazole rings is 1. The van der Waals surface area contributed by atoms with Crippen LogP contribution in [0.2, 0.25) is 0 Å². The lowest BCUT2D eigenvalue weighted by molar-refractivity contribution is 0.258. The normalized spacial score (nSPS) is 10.4. The first-order valence-corrected chi connectivity index (χ1v) is 8.02. The minimum atomic E-state index is -0.465. The second-order valence-electron chi connectivity index (χ2n) is 5.01. The molecule has 2 amide bonds. The number of rotatable bonds is 4. The van der Waals surface area contributed by atoms with Crippen molar-refractivity contribution in [2.45, 2.75) is 0 Å². The Bertz CT molecular complexity index is 884. The quantitative estimate of drug-likeness (QED) is 0.720. The lowest BCUT2D eigenvalue weighted by Gasteiger charge is -2.16. The van der Waals surface area contributed by atoms with Gasteiger partial charge in [-0.05, 0) is 42.5 Å². The molecule has 0 aliphatic carbocycles. The second kappa shape index (κ2) is 7.27. The first-order chi connectivity index (χ1) is 12.0. The molecule has 3 aromatic rings. The van der Waals surface area contributed by atoms with Gasteiger partial charge in [-0.15, -0.1) is 0 Å². The predicted octanol–water partition coefficient (Wildman–Crippen LogP) is 4.88. The number of halogens is 2. The van der Waals surface area contributed by atoms with Gasteiger partial charge in [0.1, 0.15) is 17.4 Å². The van der Waals surface area contributed by atoms with E-state index in [1.54, 1.807) is 6.07 Å². The van der Waals surface area contributed by atoms with Crippen LogP contribution >= 0.6 is 11.3 Å². The van der Waals surface area contributed by atoms with Crippen LogP contribution < -0.4 is 15.0 Å². The zero-order valence-electron chi connectivity index (χ0n) is 13.1. The molecule has 0 saturated heterocycles. The molecule has 0 fully saturated rings. The smallest absolute Gasteiger partial charge is 0.327 e. The van der Waals surface area contributed by atoms with Crippen molar-refractivity contribution < 1.29 is 18.3 Å². The molecule has 0 aliphatic rings. The highest BCUT2D eigenvalue weighted by Gasteiger charge is 2.14. The summed E-state index contributed by atoms with van der Waals surface area (Å²) >= 11 is 1.12. The van der Waals surface area contributed by atoms with Gasteiger partial charge >= 0.3 is 6.03 Å². The number of ether oxygens (including phenoxy) is 1. The zero-order valence-corrected chi connectivity index (χ0v) is 13.9. The molecule has 1 N–H and O–H groups in total. The Labute approximate surface area is 146 Å². The summed E-state index contributed by atoms with van der Waals surface area (Å²) in [6.07, 6.45) is 1.45. The maximum Gasteiger partial charge on any atom is 0.327 e. The van der Waals surface area contributed by atoms with Crippen LogP contribution in [0.1, 0.15) is 0 Å². The number of urea groups is 1. The van der Waals surface area contributed by atoms with Crippen molar-refractivity contribution in [1.29, 1.82) is 0 Å². The van der Waals surface area contributed by atoms with Gasteiger partial charge in [-0.2, -0.15) is 0 Å². The molecule has 1 heterocycles. The SMILES string of the molecule is CN(C(=O)Nc1ncc(Oc2ccc(F)cc2)s1)c1cccc(F)c1. The van der Waals surface area contributed by atoms with Crippen molar-refractivity contribution in [3.8, 4) is 10.8 Å². The maximum atomic E-state index is 13.2. The molecule has 1 aromatic heterocycles. The Morgan fingerprint density at radius 3 is 2.64 bits per heavy atom. The lowest BCUT2D eigenvalue weighted by Crippen LogP contribution is -2.31. The van der Waals surface area contributed by atoms with Crippen molar-refractivity contribution in [3.05, 3.63) is 66.4 Å². The zero-order chi connectivity index (χ0) is 17.8. The van der Waals surface area contributed by atoms with E-state index in [-0.39, 0.29) is 5.82 Å². The third-order valence-electron chi connectivity index (χ3n) is 3.23. The Hall–Kier alpha value is -3.00. The van der Waals surface area contributed by atoms with Gasteiger partial charge in [0.2, 0.25) is 5.06 Å². The standard InChI is InChI=1S/C17H13F2N3O2S/c1-22(13-4-2-3-12(19)9-13)17(23)21-16-20-10-15(25-16)24-14-7-5-11(18)6-8-14/h2-10H,1H3,(H,20,21,23). The van der Waals surface area contributed by atoms with Crippen LogP contribution in [0.15, 0.2) is 54.7 Å². The van der Waals surface area contributed by atoms with Gasteiger partial charge in [-0.3, -0.25) is 10.2 Å². The van der Waals surface area contributed by atoms with Crippen molar-refractivity contribution in [2.24, 2.45) is 0 Å². The van der Waals surface area contributed by atoms with Crippen LogP contribution in [0, 0.1) is 11.6 Å². The summed E-state index contributed by atoms with van der Waals surface area (Å²) in [6, 6.07) is 10.8. The summed E-state index contributed by atoms with van der Waals surface area (Å²) in [4.78, 5) is 17.5.